The molecule has 26 heavy (non-hydrogen) atoms. The van der Waals surface area contributed by atoms with Crippen molar-refractivity contribution in [3.63, 3.8) is 0 Å². The van der Waals surface area contributed by atoms with Gasteiger partial charge in [0.1, 0.15) is 5.58 Å². The largest absolute Gasteiger partial charge is 0.451 e. The van der Waals surface area contributed by atoms with Crippen LogP contribution in [-0.4, -0.2) is 10.9 Å². The summed E-state index contributed by atoms with van der Waals surface area (Å²) in [5, 5.41) is 6.33. The summed E-state index contributed by atoms with van der Waals surface area (Å²) in [5.74, 6) is 0.0512. The Balaban J connectivity index is 1.61. The van der Waals surface area contributed by atoms with E-state index in [1.54, 1.807) is 0 Å². The quantitative estimate of drug-likeness (QED) is 0.506. The van der Waals surface area contributed by atoms with E-state index in [1.165, 1.54) is 16.9 Å². The molecule has 130 valence electrons. The van der Waals surface area contributed by atoms with Crippen molar-refractivity contribution in [1.29, 1.82) is 0 Å². The molecule has 0 spiro atoms. The molecule has 0 bridgehead atoms. The molecule has 2 heterocycles. The SMILES string of the molecule is Cc1ccc(C)c(-c2csc(NC(=O)c3oc4ccccc4c3C)n2)c1. The molecule has 0 saturated heterocycles. The van der Waals surface area contributed by atoms with Crippen LogP contribution in [0.25, 0.3) is 22.2 Å². The predicted molar refractivity (Wildman–Crippen MR) is 106 cm³/mol. The minimum Gasteiger partial charge on any atom is -0.451 e. The van der Waals surface area contributed by atoms with Crippen molar-refractivity contribution in [3.05, 3.63) is 70.3 Å². The minimum absolute atomic E-state index is 0.277. The molecule has 0 aliphatic heterocycles. The number of nitrogens with one attached hydrogen (secondary N) is 1. The number of carbonyl (C=O) groups excluding carboxylic acids is 1. The monoisotopic (exact) mass is 362 g/mol. The Morgan fingerprint density at radius 1 is 1.12 bits per heavy atom. The fraction of sp³-hybridized carbons (Fsp3) is 0.143. The van der Waals surface area contributed by atoms with Crippen molar-refractivity contribution in [2.24, 2.45) is 0 Å². The molecule has 0 aliphatic rings. The number of aryl methyl sites for hydroxylation is 3. The number of carbonyl (C=O) groups is 1. The normalized spacial score (nSPS) is 11.0. The highest BCUT2D eigenvalue weighted by molar-refractivity contribution is 7.14. The third-order valence-electron chi connectivity index (χ3n) is 4.44. The molecule has 4 rings (SSSR count). The summed E-state index contributed by atoms with van der Waals surface area (Å²) in [6.07, 6.45) is 0. The Labute approximate surface area is 155 Å². The Morgan fingerprint density at radius 2 is 1.92 bits per heavy atom. The van der Waals surface area contributed by atoms with Crippen LogP contribution in [0.2, 0.25) is 0 Å². The fourth-order valence-corrected chi connectivity index (χ4v) is 3.72. The van der Waals surface area contributed by atoms with Crippen molar-refractivity contribution in [1.82, 2.24) is 4.98 Å². The Morgan fingerprint density at radius 3 is 2.73 bits per heavy atom. The van der Waals surface area contributed by atoms with E-state index < -0.39 is 0 Å². The second-order valence-electron chi connectivity index (χ2n) is 6.36. The highest BCUT2D eigenvalue weighted by atomic mass is 32.1. The summed E-state index contributed by atoms with van der Waals surface area (Å²) < 4.78 is 5.72. The van der Waals surface area contributed by atoms with Crippen molar-refractivity contribution >= 4 is 33.3 Å². The first-order valence-electron chi connectivity index (χ1n) is 8.35. The van der Waals surface area contributed by atoms with Gasteiger partial charge in [0, 0.05) is 21.9 Å². The minimum atomic E-state index is -0.277. The maximum Gasteiger partial charge on any atom is 0.293 e. The van der Waals surface area contributed by atoms with E-state index in [9.17, 15) is 4.79 Å². The van der Waals surface area contributed by atoms with Gasteiger partial charge in [-0.2, -0.15) is 0 Å². The lowest BCUT2D eigenvalue weighted by Gasteiger charge is -2.04. The second kappa shape index (κ2) is 6.42. The zero-order valence-electron chi connectivity index (χ0n) is 14.8. The molecule has 0 radical (unpaired) electrons. The number of rotatable bonds is 3. The number of nitrogens with zero attached hydrogens (tertiary/aromatic N) is 1. The van der Waals surface area contributed by atoms with Gasteiger partial charge in [0.15, 0.2) is 10.9 Å². The summed E-state index contributed by atoms with van der Waals surface area (Å²) >= 11 is 1.41. The van der Waals surface area contributed by atoms with Gasteiger partial charge in [-0.3, -0.25) is 10.1 Å². The van der Waals surface area contributed by atoms with Gasteiger partial charge in [0.25, 0.3) is 5.91 Å². The van der Waals surface area contributed by atoms with Gasteiger partial charge < -0.3 is 4.42 Å². The first-order valence-corrected chi connectivity index (χ1v) is 9.23. The van der Waals surface area contributed by atoms with E-state index in [0.717, 1.165) is 27.8 Å². The number of anilines is 1. The number of fused-ring (bicyclic) bond motifs is 1. The van der Waals surface area contributed by atoms with Gasteiger partial charge in [0.05, 0.1) is 5.69 Å². The van der Waals surface area contributed by atoms with E-state index in [-0.39, 0.29) is 5.91 Å². The molecular weight excluding hydrogens is 344 g/mol. The van der Waals surface area contributed by atoms with Crippen LogP contribution in [0.3, 0.4) is 0 Å². The molecule has 1 amide bonds. The van der Waals surface area contributed by atoms with Crippen LogP contribution < -0.4 is 5.32 Å². The number of aromatic nitrogens is 1. The molecule has 0 saturated carbocycles. The van der Waals surface area contributed by atoms with Crippen molar-refractivity contribution < 1.29 is 9.21 Å². The zero-order chi connectivity index (χ0) is 18.3. The van der Waals surface area contributed by atoms with Crippen molar-refractivity contribution in [2.75, 3.05) is 5.32 Å². The van der Waals surface area contributed by atoms with E-state index in [2.05, 4.69) is 42.3 Å². The molecule has 2 aromatic carbocycles. The molecule has 1 N–H and O–H groups in total. The molecule has 0 aliphatic carbocycles. The summed E-state index contributed by atoms with van der Waals surface area (Å²) in [6, 6.07) is 13.9. The maximum atomic E-state index is 12.6. The average molecular weight is 362 g/mol. The Kier molecular flexibility index (Phi) is 4.09. The smallest absolute Gasteiger partial charge is 0.293 e. The highest BCUT2D eigenvalue weighted by Crippen LogP contribution is 2.30. The molecular formula is C21H18N2O2S. The molecule has 0 unspecified atom stereocenters. The van der Waals surface area contributed by atoms with Crippen LogP contribution >= 0.6 is 11.3 Å². The van der Waals surface area contributed by atoms with Gasteiger partial charge in [-0.05, 0) is 38.5 Å². The first-order chi connectivity index (χ1) is 12.5. The number of thiazole rings is 1. The number of furan rings is 1. The maximum absolute atomic E-state index is 12.6. The zero-order valence-corrected chi connectivity index (χ0v) is 15.6. The lowest BCUT2D eigenvalue weighted by atomic mass is 10.0. The van der Waals surface area contributed by atoms with Crippen molar-refractivity contribution in [2.45, 2.75) is 20.8 Å². The summed E-state index contributed by atoms with van der Waals surface area (Å²) in [7, 11) is 0. The number of para-hydroxylation sites is 1. The van der Waals surface area contributed by atoms with Gasteiger partial charge in [-0.15, -0.1) is 11.3 Å². The summed E-state index contributed by atoms with van der Waals surface area (Å²) in [4.78, 5) is 17.2. The van der Waals surface area contributed by atoms with Crippen LogP contribution in [0.5, 0.6) is 0 Å². The van der Waals surface area contributed by atoms with Crippen LogP contribution in [0.15, 0.2) is 52.3 Å². The first kappa shape index (κ1) is 16.5. The number of amides is 1. The van der Waals surface area contributed by atoms with Crippen LogP contribution in [0.1, 0.15) is 27.2 Å². The average Bonchev–Trinajstić information content (AvgIpc) is 3.22. The fourth-order valence-electron chi connectivity index (χ4n) is 3.01. The van der Waals surface area contributed by atoms with Crippen LogP contribution in [-0.2, 0) is 0 Å². The van der Waals surface area contributed by atoms with E-state index in [0.29, 0.717) is 16.5 Å². The topological polar surface area (TPSA) is 55.1 Å². The Hall–Kier alpha value is -2.92. The summed E-state index contributed by atoms with van der Waals surface area (Å²) in [6.45, 7) is 6.01. The molecule has 2 aromatic heterocycles. The lowest BCUT2D eigenvalue weighted by molar-refractivity contribution is 0.0998. The third kappa shape index (κ3) is 2.91. The van der Waals surface area contributed by atoms with Gasteiger partial charge in [-0.25, -0.2) is 4.98 Å². The van der Waals surface area contributed by atoms with Gasteiger partial charge >= 0.3 is 0 Å². The highest BCUT2D eigenvalue weighted by Gasteiger charge is 2.19. The molecule has 0 atom stereocenters. The van der Waals surface area contributed by atoms with Crippen LogP contribution in [0.4, 0.5) is 5.13 Å². The summed E-state index contributed by atoms with van der Waals surface area (Å²) in [5.41, 5.74) is 5.85. The van der Waals surface area contributed by atoms with E-state index in [1.807, 2.05) is 36.6 Å². The molecule has 4 nitrogen and oxygen atoms in total. The van der Waals surface area contributed by atoms with Crippen LogP contribution in [0, 0.1) is 20.8 Å². The second-order valence-corrected chi connectivity index (χ2v) is 7.22. The van der Waals surface area contributed by atoms with Crippen molar-refractivity contribution in [3.8, 4) is 11.3 Å². The lowest BCUT2D eigenvalue weighted by Crippen LogP contribution is -2.11. The third-order valence-corrected chi connectivity index (χ3v) is 5.20. The van der Waals surface area contributed by atoms with E-state index in [4.69, 9.17) is 4.42 Å². The standard InChI is InChI=1S/C21H18N2O2S/c1-12-8-9-13(2)16(10-12)17-11-26-21(22-17)23-20(24)19-14(3)15-6-4-5-7-18(15)25-19/h4-11H,1-3H3,(H,22,23,24). The van der Waals surface area contributed by atoms with E-state index >= 15 is 0 Å². The Bertz CT molecular complexity index is 1120. The predicted octanol–water partition coefficient (Wildman–Crippen LogP) is 5.73. The number of benzene rings is 2. The number of hydrogen-bond acceptors (Lipinski definition) is 4. The molecule has 5 heteroatoms. The molecule has 4 aromatic rings. The molecule has 0 fully saturated rings. The van der Waals surface area contributed by atoms with Gasteiger partial charge in [0.2, 0.25) is 0 Å². The number of hydrogen-bond donors (Lipinski definition) is 1. The van der Waals surface area contributed by atoms with Gasteiger partial charge in [-0.1, -0.05) is 35.9 Å².